The molecule has 0 saturated carbocycles. The molecule has 0 bridgehead atoms. The molecule has 1 saturated heterocycles. The van der Waals surface area contributed by atoms with Crippen molar-refractivity contribution in [1.29, 1.82) is 0 Å². The van der Waals surface area contributed by atoms with E-state index in [4.69, 9.17) is 15.3 Å². The standard InChI is InChI=1S/C15H24N2O2/c1-3-10-18-13-7-5-4-6-12(13)15(17-16)14-9-8-11(2)19-14/h4-7,11,14-15,17H,3,8-10,16H2,1-2H3. The Morgan fingerprint density at radius 3 is 2.84 bits per heavy atom. The van der Waals surface area contributed by atoms with Crippen LogP contribution in [0.2, 0.25) is 0 Å². The molecule has 4 nitrogen and oxygen atoms in total. The first-order valence-corrected chi connectivity index (χ1v) is 7.09. The highest BCUT2D eigenvalue weighted by molar-refractivity contribution is 5.36. The third-order valence-electron chi connectivity index (χ3n) is 3.53. The molecule has 0 radical (unpaired) electrons. The second-order valence-corrected chi connectivity index (χ2v) is 5.09. The fraction of sp³-hybridized carbons (Fsp3) is 0.600. The molecule has 1 aromatic carbocycles. The van der Waals surface area contributed by atoms with Gasteiger partial charge in [-0.3, -0.25) is 11.3 Å². The maximum Gasteiger partial charge on any atom is 0.124 e. The van der Waals surface area contributed by atoms with Gasteiger partial charge in [0.2, 0.25) is 0 Å². The number of rotatable bonds is 6. The highest BCUT2D eigenvalue weighted by Crippen LogP contribution is 2.34. The predicted octanol–water partition coefficient (Wildman–Crippen LogP) is 2.55. The molecular weight excluding hydrogens is 240 g/mol. The third-order valence-corrected chi connectivity index (χ3v) is 3.53. The molecule has 19 heavy (non-hydrogen) atoms. The van der Waals surface area contributed by atoms with Crippen LogP contribution >= 0.6 is 0 Å². The summed E-state index contributed by atoms with van der Waals surface area (Å²) in [6.45, 7) is 4.92. The van der Waals surface area contributed by atoms with Crippen molar-refractivity contribution in [1.82, 2.24) is 5.43 Å². The van der Waals surface area contributed by atoms with Crippen molar-refractivity contribution in [2.45, 2.75) is 51.4 Å². The van der Waals surface area contributed by atoms with Gasteiger partial charge in [-0.15, -0.1) is 0 Å². The van der Waals surface area contributed by atoms with Crippen molar-refractivity contribution in [2.24, 2.45) is 5.84 Å². The van der Waals surface area contributed by atoms with Gasteiger partial charge in [-0.05, 0) is 32.3 Å². The van der Waals surface area contributed by atoms with Gasteiger partial charge in [0.1, 0.15) is 5.75 Å². The van der Waals surface area contributed by atoms with E-state index in [9.17, 15) is 0 Å². The monoisotopic (exact) mass is 264 g/mol. The summed E-state index contributed by atoms with van der Waals surface area (Å²) in [5, 5.41) is 0. The summed E-state index contributed by atoms with van der Waals surface area (Å²) in [5.74, 6) is 6.64. The zero-order valence-corrected chi connectivity index (χ0v) is 11.8. The molecule has 0 aliphatic carbocycles. The molecule has 1 aliphatic heterocycles. The first-order valence-electron chi connectivity index (χ1n) is 7.09. The summed E-state index contributed by atoms with van der Waals surface area (Å²) < 4.78 is 11.7. The van der Waals surface area contributed by atoms with Crippen LogP contribution in [0.25, 0.3) is 0 Å². The molecule has 3 N–H and O–H groups in total. The smallest absolute Gasteiger partial charge is 0.124 e. The highest BCUT2D eigenvalue weighted by atomic mass is 16.5. The van der Waals surface area contributed by atoms with Crippen molar-refractivity contribution in [3.05, 3.63) is 29.8 Å². The van der Waals surface area contributed by atoms with Gasteiger partial charge in [0.15, 0.2) is 0 Å². The number of nitrogens with one attached hydrogen (secondary N) is 1. The Balaban J connectivity index is 2.17. The Morgan fingerprint density at radius 2 is 2.21 bits per heavy atom. The van der Waals surface area contributed by atoms with E-state index in [0.717, 1.165) is 37.2 Å². The molecule has 2 rings (SSSR count). The lowest BCUT2D eigenvalue weighted by Gasteiger charge is -2.25. The Kier molecular flexibility index (Phi) is 5.19. The van der Waals surface area contributed by atoms with Crippen LogP contribution in [0, 0.1) is 0 Å². The molecular formula is C15H24N2O2. The SMILES string of the molecule is CCCOc1ccccc1C(NN)C1CCC(C)O1. The number of para-hydroxylation sites is 1. The summed E-state index contributed by atoms with van der Waals surface area (Å²) >= 11 is 0. The quantitative estimate of drug-likeness (QED) is 0.612. The molecule has 0 amide bonds. The fourth-order valence-electron chi connectivity index (χ4n) is 2.56. The normalized spacial score (nSPS) is 24.4. The first-order chi connectivity index (χ1) is 9.26. The van der Waals surface area contributed by atoms with Crippen molar-refractivity contribution in [3.63, 3.8) is 0 Å². The highest BCUT2D eigenvalue weighted by Gasteiger charge is 2.31. The van der Waals surface area contributed by atoms with Crippen LogP contribution in [-0.2, 0) is 4.74 Å². The van der Waals surface area contributed by atoms with Crippen LogP contribution in [0.3, 0.4) is 0 Å². The Labute approximate surface area is 115 Å². The van der Waals surface area contributed by atoms with Crippen molar-refractivity contribution >= 4 is 0 Å². The van der Waals surface area contributed by atoms with Gasteiger partial charge in [-0.2, -0.15) is 0 Å². The summed E-state index contributed by atoms with van der Waals surface area (Å²) in [5.41, 5.74) is 3.97. The van der Waals surface area contributed by atoms with Gasteiger partial charge in [-0.1, -0.05) is 25.1 Å². The van der Waals surface area contributed by atoms with Crippen LogP contribution in [-0.4, -0.2) is 18.8 Å². The molecule has 3 atom stereocenters. The number of ether oxygens (including phenoxy) is 2. The van der Waals surface area contributed by atoms with E-state index in [-0.39, 0.29) is 12.1 Å². The topological polar surface area (TPSA) is 56.5 Å². The summed E-state index contributed by atoms with van der Waals surface area (Å²) in [6, 6.07) is 8.03. The average molecular weight is 264 g/mol. The van der Waals surface area contributed by atoms with Gasteiger partial charge < -0.3 is 9.47 Å². The first kappa shape index (κ1) is 14.3. The molecule has 4 heteroatoms. The fourth-order valence-corrected chi connectivity index (χ4v) is 2.56. The van der Waals surface area contributed by atoms with Crippen molar-refractivity contribution in [2.75, 3.05) is 6.61 Å². The van der Waals surface area contributed by atoms with Crippen LogP contribution in [0.5, 0.6) is 5.75 Å². The van der Waals surface area contributed by atoms with Gasteiger partial charge >= 0.3 is 0 Å². The van der Waals surface area contributed by atoms with E-state index in [1.807, 2.05) is 18.2 Å². The minimum Gasteiger partial charge on any atom is -0.493 e. The molecule has 1 heterocycles. The third kappa shape index (κ3) is 3.47. The van der Waals surface area contributed by atoms with Gasteiger partial charge in [0, 0.05) is 5.56 Å². The second-order valence-electron chi connectivity index (χ2n) is 5.09. The minimum atomic E-state index is -0.0157. The molecule has 1 fully saturated rings. The van der Waals surface area contributed by atoms with E-state index in [1.54, 1.807) is 0 Å². The average Bonchev–Trinajstić information content (AvgIpc) is 2.85. The zero-order chi connectivity index (χ0) is 13.7. The number of nitrogens with two attached hydrogens (primary N) is 1. The van der Waals surface area contributed by atoms with Gasteiger partial charge in [-0.25, -0.2) is 0 Å². The van der Waals surface area contributed by atoms with E-state index >= 15 is 0 Å². The van der Waals surface area contributed by atoms with E-state index in [1.165, 1.54) is 0 Å². The minimum absolute atomic E-state index is 0.0157. The van der Waals surface area contributed by atoms with Crippen molar-refractivity contribution in [3.8, 4) is 5.75 Å². The summed E-state index contributed by atoms with van der Waals surface area (Å²) in [6.07, 6.45) is 3.53. The molecule has 0 spiro atoms. The predicted molar refractivity (Wildman–Crippen MR) is 75.9 cm³/mol. The molecule has 3 unspecified atom stereocenters. The lowest BCUT2D eigenvalue weighted by molar-refractivity contribution is 0.0309. The van der Waals surface area contributed by atoms with Crippen LogP contribution in [0.15, 0.2) is 24.3 Å². The summed E-state index contributed by atoms with van der Waals surface area (Å²) in [4.78, 5) is 0. The molecule has 106 valence electrons. The number of benzene rings is 1. The van der Waals surface area contributed by atoms with E-state index in [0.29, 0.717) is 6.10 Å². The lowest BCUT2D eigenvalue weighted by Crippen LogP contribution is -2.37. The Hall–Kier alpha value is -1.10. The van der Waals surface area contributed by atoms with Crippen molar-refractivity contribution < 1.29 is 9.47 Å². The maximum absolute atomic E-state index is 5.93. The molecule has 0 aromatic heterocycles. The van der Waals surface area contributed by atoms with Gasteiger partial charge in [0.05, 0.1) is 24.9 Å². The van der Waals surface area contributed by atoms with Crippen LogP contribution < -0.4 is 16.0 Å². The number of hydrogen-bond acceptors (Lipinski definition) is 4. The molecule has 1 aromatic rings. The molecule has 1 aliphatic rings. The van der Waals surface area contributed by atoms with E-state index in [2.05, 4.69) is 25.3 Å². The second kappa shape index (κ2) is 6.89. The maximum atomic E-state index is 5.93. The lowest BCUT2D eigenvalue weighted by atomic mass is 9.99. The zero-order valence-electron chi connectivity index (χ0n) is 11.8. The van der Waals surface area contributed by atoms with Crippen LogP contribution in [0.1, 0.15) is 44.7 Å². The van der Waals surface area contributed by atoms with Gasteiger partial charge in [0.25, 0.3) is 0 Å². The summed E-state index contributed by atoms with van der Waals surface area (Å²) in [7, 11) is 0. The Morgan fingerprint density at radius 1 is 1.42 bits per heavy atom. The van der Waals surface area contributed by atoms with Crippen LogP contribution in [0.4, 0.5) is 0 Å². The number of hydrogen-bond donors (Lipinski definition) is 2. The Bertz CT molecular complexity index is 397. The number of hydrazine groups is 1. The van der Waals surface area contributed by atoms with E-state index < -0.39 is 0 Å². The largest absolute Gasteiger partial charge is 0.493 e.